The van der Waals surface area contributed by atoms with Crippen molar-refractivity contribution in [1.29, 1.82) is 0 Å². The van der Waals surface area contributed by atoms with E-state index in [0.717, 1.165) is 0 Å². The van der Waals surface area contributed by atoms with Gasteiger partial charge in [0.15, 0.2) is 0 Å². The highest BCUT2D eigenvalue weighted by Gasteiger charge is 2.18. The van der Waals surface area contributed by atoms with Crippen LogP contribution in [-0.2, 0) is 0 Å². The second kappa shape index (κ2) is 4.38. The van der Waals surface area contributed by atoms with Crippen LogP contribution in [-0.4, -0.2) is 9.78 Å². The molecule has 1 aliphatic rings. The molecule has 0 bridgehead atoms. The predicted octanol–water partition coefficient (Wildman–Crippen LogP) is 3.82. The molecular weight excluding hydrogens is 184 g/mol. The third-order valence-corrected chi connectivity index (χ3v) is 3.45. The molecule has 2 heteroatoms. The fourth-order valence-corrected chi connectivity index (χ4v) is 2.49. The minimum Gasteiger partial charge on any atom is -0.267 e. The molecule has 0 saturated heterocycles. The summed E-state index contributed by atoms with van der Waals surface area (Å²) >= 11 is 0. The Morgan fingerprint density at radius 2 is 1.93 bits per heavy atom. The Hall–Kier alpha value is -0.790. The first kappa shape index (κ1) is 10.7. The minimum absolute atomic E-state index is 0.550. The standard InChI is InChI=1S/C13H22N2/c1-10(2)13-9-11(3)15(14-13)12-7-5-4-6-8-12/h9-10,12H,4-8H2,1-3H3. The van der Waals surface area contributed by atoms with Gasteiger partial charge in [0.1, 0.15) is 0 Å². The Bertz CT molecular complexity index is 319. The van der Waals surface area contributed by atoms with Crippen LogP contribution in [0.4, 0.5) is 0 Å². The van der Waals surface area contributed by atoms with Crippen molar-refractivity contribution in [1.82, 2.24) is 9.78 Å². The van der Waals surface area contributed by atoms with Crippen molar-refractivity contribution in [2.45, 2.75) is 64.8 Å². The number of aryl methyl sites for hydroxylation is 1. The molecule has 0 radical (unpaired) electrons. The van der Waals surface area contributed by atoms with Crippen LogP contribution in [0.3, 0.4) is 0 Å². The summed E-state index contributed by atoms with van der Waals surface area (Å²) in [5.74, 6) is 0.550. The summed E-state index contributed by atoms with van der Waals surface area (Å²) in [6, 6.07) is 2.92. The summed E-state index contributed by atoms with van der Waals surface area (Å²) in [6.07, 6.45) is 6.80. The summed E-state index contributed by atoms with van der Waals surface area (Å²) in [4.78, 5) is 0. The van der Waals surface area contributed by atoms with E-state index in [9.17, 15) is 0 Å². The Balaban J connectivity index is 2.19. The highest BCUT2D eigenvalue weighted by Crippen LogP contribution is 2.29. The molecular formula is C13H22N2. The van der Waals surface area contributed by atoms with Crippen molar-refractivity contribution in [3.63, 3.8) is 0 Å². The zero-order valence-electron chi connectivity index (χ0n) is 10.2. The fourth-order valence-electron chi connectivity index (χ4n) is 2.49. The average molecular weight is 206 g/mol. The molecule has 0 aliphatic heterocycles. The van der Waals surface area contributed by atoms with Crippen molar-refractivity contribution in [2.24, 2.45) is 0 Å². The van der Waals surface area contributed by atoms with Crippen LogP contribution in [0.2, 0.25) is 0 Å². The van der Waals surface area contributed by atoms with Crippen LogP contribution in [0, 0.1) is 6.92 Å². The maximum Gasteiger partial charge on any atom is 0.0652 e. The highest BCUT2D eigenvalue weighted by molar-refractivity contribution is 5.12. The van der Waals surface area contributed by atoms with Gasteiger partial charge in [0.05, 0.1) is 11.7 Å². The Morgan fingerprint density at radius 3 is 2.47 bits per heavy atom. The van der Waals surface area contributed by atoms with Gasteiger partial charge in [0, 0.05) is 5.69 Å². The lowest BCUT2D eigenvalue weighted by Gasteiger charge is -2.23. The molecule has 0 unspecified atom stereocenters. The van der Waals surface area contributed by atoms with E-state index in [1.165, 1.54) is 43.5 Å². The van der Waals surface area contributed by atoms with Crippen LogP contribution in [0.15, 0.2) is 6.07 Å². The van der Waals surface area contributed by atoms with Crippen LogP contribution in [0.5, 0.6) is 0 Å². The third kappa shape index (κ3) is 2.24. The zero-order chi connectivity index (χ0) is 10.8. The highest BCUT2D eigenvalue weighted by atomic mass is 15.3. The van der Waals surface area contributed by atoms with E-state index in [4.69, 9.17) is 5.10 Å². The molecule has 84 valence electrons. The summed E-state index contributed by atoms with van der Waals surface area (Å²) in [5, 5.41) is 4.75. The first-order valence-electron chi connectivity index (χ1n) is 6.24. The van der Waals surface area contributed by atoms with Gasteiger partial charge in [-0.05, 0) is 31.7 Å². The molecule has 1 aromatic heterocycles. The third-order valence-electron chi connectivity index (χ3n) is 3.45. The normalized spacial score (nSPS) is 18.7. The first-order valence-corrected chi connectivity index (χ1v) is 6.24. The maximum atomic E-state index is 4.75. The van der Waals surface area contributed by atoms with Crippen LogP contribution < -0.4 is 0 Å². The van der Waals surface area contributed by atoms with Gasteiger partial charge in [-0.25, -0.2) is 0 Å². The van der Waals surface area contributed by atoms with E-state index in [1.807, 2.05) is 0 Å². The van der Waals surface area contributed by atoms with Crippen molar-refractivity contribution < 1.29 is 0 Å². The molecule has 1 aromatic rings. The molecule has 1 heterocycles. The number of hydrogen-bond donors (Lipinski definition) is 0. The second-order valence-electron chi connectivity index (χ2n) is 5.10. The van der Waals surface area contributed by atoms with Crippen molar-refractivity contribution in [3.8, 4) is 0 Å². The number of aromatic nitrogens is 2. The lowest BCUT2D eigenvalue weighted by Crippen LogP contribution is -2.15. The lowest BCUT2D eigenvalue weighted by atomic mass is 9.95. The fraction of sp³-hybridized carbons (Fsp3) is 0.769. The number of rotatable bonds is 2. The Labute approximate surface area is 92.7 Å². The van der Waals surface area contributed by atoms with Gasteiger partial charge in [0.25, 0.3) is 0 Å². The van der Waals surface area contributed by atoms with Gasteiger partial charge in [-0.2, -0.15) is 5.10 Å². The minimum atomic E-state index is 0.550. The van der Waals surface area contributed by atoms with Crippen molar-refractivity contribution in [2.75, 3.05) is 0 Å². The van der Waals surface area contributed by atoms with Crippen LogP contribution >= 0.6 is 0 Å². The summed E-state index contributed by atoms with van der Waals surface area (Å²) in [6.45, 7) is 6.62. The van der Waals surface area contributed by atoms with Gasteiger partial charge in [-0.15, -0.1) is 0 Å². The van der Waals surface area contributed by atoms with Crippen molar-refractivity contribution in [3.05, 3.63) is 17.5 Å². The maximum absolute atomic E-state index is 4.75. The van der Waals surface area contributed by atoms with Gasteiger partial charge in [0.2, 0.25) is 0 Å². The largest absolute Gasteiger partial charge is 0.267 e. The smallest absolute Gasteiger partial charge is 0.0652 e. The molecule has 2 nitrogen and oxygen atoms in total. The Morgan fingerprint density at radius 1 is 1.27 bits per heavy atom. The topological polar surface area (TPSA) is 17.8 Å². The number of hydrogen-bond acceptors (Lipinski definition) is 1. The molecule has 0 aromatic carbocycles. The summed E-state index contributed by atoms with van der Waals surface area (Å²) in [7, 11) is 0. The van der Waals surface area contributed by atoms with E-state index in [-0.39, 0.29) is 0 Å². The van der Waals surface area contributed by atoms with Crippen LogP contribution in [0.25, 0.3) is 0 Å². The van der Waals surface area contributed by atoms with E-state index < -0.39 is 0 Å². The Kier molecular flexibility index (Phi) is 3.13. The summed E-state index contributed by atoms with van der Waals surface area (Å²) < 4.78 is 2.27. The SMILES string of the molecule is Cc1cc(C(C)C)nn1C1CCCCC1. The number of nitrogens with zero attached hydrogens (tertiary/aromatic N) is 2. The molecule has 0 spiro atoms. The molecule has 2 rings (SSSR count). The van der Waals surface area contributed by atoms with Crippen LogP contribution in [0.1, 0.15) is 69.3 Å². The van der Waals surface area contributed by atoms with E-state index in [1.54, 1.807) is 0 Å². The zero-order valence-corrected chi connectivity index (χ0v) is 10.2. The molecule has 1 fully saturated rings. The van der Waals surface area contributed by atoms with Crippen molar-refractivity contribution >= 4 is 0 Å². The van der Waals surface area contributed by atoms with Gasteiger partial charge >= 0.3 is 0 Å². The molecule has 0 N–H and O–H groups in total. The van der Waals surface area contributed by atoms with Gasteiger partial charge in [-0.1, -0.05) is 33.1 Å². The van der Waals surface area contributed by atoms with E-state index in [2.05, 4.69) is 31.5 Å². The molecule has 1 aliphatic carbocycles. The van der Waals surface area contributed by atoms with Gasteiger partial charge < -0.3 is 0 Å². The van der Waals surface area contributed by atoms with Gasteiger partial charge in [-0.3, -0.25) is 4.68 Å². The quantitative estimate of drug-likeness (QED) is 0.719. The average Bonchev–Trinajstić information content (AvgIpc) is 2.62. The predicted molar refractivity (Wildman–Crippen MR) is 63.2 cm³/mol. The van der Waals surface area contributed by atoms with E-state index in [0.29, 0.717) is 12.0 Å². The van der Waals surface area contributed by atoms with E-state index >= 15 is 0 Å². The summed E-state index contributed by atoms with van der Waals surface area (Å²) in [5.41, 5.74) is 2.59. The second-order valence-corrected chi connectivity index (χ2v) is 5.10. The molecule has 15 heavy (non-hydrogen) atoms. The first-order chi connectivity index (χ1) is 7.18. The monoisotopic (exact) mass is 206 g/mol. The molecule has 1 saturated carbocycles. The lowest BCUT2D eigenvalue weighted by molar-refractivity contribution is 0.323. The molecule has 0 amide bonds. The molecule has 0 atom stereocenters.